The van der Waals surface area contributed by atoms with E-state index in [1.807, 2.05) is 0 Å². The molecule has 15 heavy (non-hydrogen) atoms. The summed E-state index contributed by atoms with van der Waals surface area (Å²) in [7, 11) is 1.47. The Bertz CT molecular complexity index is 323. The Morgan fingerprint density at radius 2 is 2.07 bits per heavy atom. The normalized spacial score (nSPS) is 12.3. The van der Waals surface area contributed by atoms with Gasteiger partial charge in [0.1, 0.15) is 11.0 Å². The Morgan fingerprint density at radius 3 is 2.53 bits per heavy atom. The highest BCUT2D eigenvalue weighted by Crippen LogP contribution is 2.25. The van der Waals surface area contributed by atoms with Gasteiger partial charge >= 0.3 is 5.97 Å². The van der Waals surface area contributed by atoms with Crippen LogP contribution in [-0.4, -0.2) is 35.1 Å². The van der Waals surface area contributed by atoms with E-state index in [-0.39, 0.29) is 12.4 Å². The molecule has 0 radical (unpaired) electrons. The lowest BCUT2D eigenvalue weighted by atomic mass is 10.3. The molecular formula is C10H12O4S. The fourth-order valence-electron chi connectivity index (χ4n) is 0.996. The molecule has 0 spiro atoms. The van der Waals surface area contributed by atoms with E-state index in [4.69, 9.17) is 14.9 Å². The second-order valence-electron chi connectivity index (χ2n) is 2.89. The monoisotopic (exact) mass is 228 g/mol. The van der Waals surface area contributed by atoms with E-state index in [1.54, 1.807) is 12.1 Å². The van der Waals surface area contributed by atoms with E-state index in [0.29, 0.717) is 0 Å². The molecule has 0 aliphatic heterocycles. The number of methoxy groups -OCH3 is 1. The van der Waals surface area contributed by atoms with Crippen molar-refractivity contribution >= 4 is 17.7 Å². The van der Waals surface area contributed by atoms with Gasteiger partial charge in [-0.1, -0.05) is 0 Å². The molecule has 1 rings (SSSR count). The van der Waals surface area contributed by atoms with Crippen LogP contribution in [0.15, 0.2) is 29.2 Å². The fourth-order valence-corrected chi connectivity index (χ4v) is 1.92. The summed E-state index contributed by atoms with van der Waals surface area (Å²) in [6.07, 6.45) is 0. The van der Waals surface area contributed by atoms with Crippen molar-refractivity contribution in [1.82, 2.24) is 0 Å². The van der Waals surface area contributed by atoms with Crippen molar-refractivity contribution < 1.29 is 19.7 Å². The molecule has 82 valence electrons. The zero-order valence-corrected chi connectivity index (χ0v) is 9.03. The van der Waals surface area contributed by atoms with Crippen molar-refractivity contribution in [2.75, 3.05) is 13.7 Å². The number of thioether (sulfide) groups is 1. The molecule has 1 atom stereocenters. The van der Waals surface area contributed by atoms with Crippen molar-refractivity contribution in [3.05, 3.63) is 24.3 Å². The van der Waals surface area contributed by atoms with Crippen molar-refractivity contribution in [2.24, 2.45) is 0 Å². The third kappa shape index (κ3) is 3.81. The second-order valence-corrected chi connectivity index (χ2v) is 4.17. The average Bonchev–Trinajstić information content (AvgIpc) is 2.20. The Labute approximate surface area is 91.9 Å². The van der Waals surface area contributed by atoms with Gasteiger partial charge in [0.2, 0.25) is 0 Å². The molecular weight excluding hydrogens is 216 g/mol. The lowest BCUT2D eigenvalue weighted by Crippen LogP contribution is -2.21. The molecule has 0 fully saturated rings. The summed E-state index contributed by atoms with van der Waals surface area (Å²) < 4.78 is 4.81. The maximum absolute atomic E-state index is 10.8. The van der Waals surface area contributed by atoms with Crippen molar-refractivity contribution in [3.8, 4) is 5.75 Å². The van der Waals surface area contributed by atoms with Gasteiger partial charge < -0.3 is 14.9 Å². The summed E-state index contributed by atoms with van der Waals surface area (Å²) >= 11 is 1.19. The van der Waals surface area contributed by atoms with Crippen LogP contribution in [0.3, 0.4) is 0 Å². The van der Waals surface area contributed by atoms with Crippen molar-refractivity contribution in [2.45, 2.75) is 10.1 Å². The van der Waals surface area contributed by atoms with Gasteiger partial charge in [0.05, 0.1) is 6.61 Å². The molecule has 0 amide bonds. The zero-order chi connectivity index (χ0) is 11.3. The number of rotatable bonds is 5. The molecule has 1 aromatic carbocycles. The number of ether oxygens (including phenoxy) is 1. The van der Waals surface area contributed by atoms with Gasteiger partial charge in [-0.15, -0.1) is 11.8 Å². The summed E-state index contributed by atoms with van der Waals surface area (Å²) in [6, 6.07) is 6.39. The zero-order valence-electron chi connectivity index (χ0n) is 8.21. The molecule has 0 aliphatic rings. The third-order valence-electron chi connectivity index (χ3n) is 1.71. The van der Waals surface area contributed by atoms with Crippen LogP contribution in [0.5, 0.6) is 5.75 Å². The molecule has 0 bridgehead atoms. The summed E-state index contributed by atoms with van der Waals surface area (Å²) in [5, 5.41) is 17.3. The Morgan fingerprint density at radius 1 is 1.47 bits per heavy atom. The van der Waals surface area contributed by atoms with Crippen LogP contribution in [0.25, 0.3) is 0 Å². The molecule has 1 unspecified atom stereocenters. The number of carbonyl (C=O) groups is 1. The van der Waals surface area contributed by atoms with Crippen LogP contribution in [0.4, 0.5) is 0 Å². The second kappa shape index (κ2) is 5.63. The number of carboxylic acids is 1. The quantitative estimate of drug-likeness (QED) is 0.749. The average molecular weight is 228 g/mol. The van der Waals surface area contributed by atoms with E-state index in [9.17, 15) is 4.79 Å². The minimum atomic E-state index is -0.907. The molecule has 0 saturated carbocycles. The first-order valence-corrected chi connectivity index (χ1v) is 5.19. The number of benzene rings is 1. The third-order valence-corrected chi connectivity index (χ3v) is 2.88. The van der Waals surface area contributed by atoms with Gasteiger partial charge in [-0.3, -0.25) is 4.79 Å². The number of carboxylic acid groups (broad SMARTS) is 1. The van der Waals surface area contributed by atoms with E-state index in [0.717, 1.165) is 4.90 Å². The van der Waals surface area contributed by atoms with Gasteiger partial charge in [-0.2, -0.15) is 0 Å². The van der Waals surface area contributed by atoms with Gasteiger partial charge in [-0.05, 0) is 24.3 Å². The molecule has 1 aromatic rings. The lowest BCUT2D eigenvalue weighted by molar-refractivity contribution is -0.137. The molecule has 0 heterocycles. The van der Waals surface area contributed by atoms with Crippen molar-refractivity contribution in [3.63, 3.8) is 0 Å². The molecule has 2 N–H and O–H groups in total. The van der Waals surface area contributed by atoms with Gasteiger partial charge in [0.15, 0.2) is 0 Å². The summed E-state index contributed by atoms with van der Waals surface area (Å²) in [5.74, 6) is -0.743. The predicted molar refractivity (Wildman–Crippen MR) is 57.3 cm³/mol. The minimum absolute atomic E-state index is 0.154. The number of hydrogen-bond acceptors (Lipinski definition) is 4. The number of aromatic hydroxyl groups is 1. The standard InChI is InChI=1S/C10H12O4S/c1-14-6-9(10(12)13)15-8-4-2-7(11)3-5-8/h2-5,9,11H,6H2,1H3,(H,12,13). The highest BCUT2D eigenvalue weighted by molar-refractivity contribution is 8.00. The first-order chi connectivity index (χ1) is 7.13. The molecule has 0 aromatic heterocycles. The van der Waals surface area contributed by atoms with Crippen molar-refractivity contribution in [1.29, 1.82) is 0 Å². The maximum atomic E-state index is 10.8. The summed E-state index contributed by atoms with van der Waals surface area (Å²) in [5.41, 5.74) is 0. The molecule has 0 saturated heterocycles. The summed E-state index contributed by atoms with van der Waals surface area (Å²) in [6.45, 7) is 0.154. The topological polar surface area (TPSA) is 66.8 Å². The fraction of sp³-hybridized carbons (Fsp3) is 0.300. The van der Waals surface area contributed by atoms with E-state index < -0.39 is 11.2 Å². The van der Waals surface area contributed by atoms with E-state index in [1.165, 1.54) is 31.0 Å². The minimum Gasteiger partial charge on any atom is -0.508 e. The van der Waals surface area contributed by atoms with Crippen LogP contribution >= 0.6 is 11.8 Å². The van der Waals surface area contributed by atoms with Gasteiger partial charge in [0.25, 0.3) is 0 Å². The SMILES string of the molecule is COCC(Sc1ccc(O)cc1)C(=O)O. The number of phenols is 1. The highest BCUT2D eigenvalue weighted by atomic mass is 32.2. The maximum Gasteiger partial charge on any atom is 0.319 e. The van der Waals surface area contributed by atoms with Gasteiger partial charge in [-0.25, -0.2) is 0 Å². The smallest absolute Gasteiger partial charge is 0.319 e. The summed E-state index contributed by atoms with van der Waals surface area (Å²) in [4.78, 5) is 11.6. The highest BCUT2D eigenvalue weighted by Gasteiger charge is 2.18. The Balaban J connectivity index is 2.65. The largest absolute Gasteiger partial charge is 0.508 e. The predicted octanol–water partition coefficient (Wildman–Crippen LogP) is 1.58. The Hall–Kier alpha value is -1.20. The molecule has 0 aliphatic carbocycles. The van der Waals surface area contributed by atoms with Crippen LogP contribution < -0.4 is 0 Å². The molecule has 5 heteroatoms. The first kappa shape index (κ1) is 11.9. The lowest BCUT2D eigenvalue weighted by Gasteiger charge is -2.10. The number of aliphatic carboxylic acids is 1. The van der Waals surface area contributed by atoms with Crippen LogP contribution in [0.1, 0.15) is 0 Å². The van der Waals surface area contributed by atoms with Crippen LogP contribution in [0, 0.1) is 0 Å². The van der Waals surface area contributed by atoms with Crippen LogP contribution in [0.2, 0.25) is 0 Å². The first-order valence-electron chi connectivity index (χ1n) is 4.31. The Kier molecular flexibility index (Phi) is 4.45. The van der Waals surface area contributed by atoms with Gasteiger partial charge in [0, 0.05) is 12.0 Å². The van der Waals surface area contributed by atoms with E-state index in [2.05, 4.69) is 0 Å². The number of hydrogen-bond donors (Lipinski definition) is 2. The number of phenolic OH excluding ortho intramolecular Hbond substituents is 1. The van der Waals surface area contributed by atoms with Crippen LogP contribution in [-0.2, 0) is 9.53 Å². The molecule has 4 nitrogen and oxygen atoms in total. The van der Waals surface area contributed by atoms with E-state index >= 15 is 0 Å².